The smallest absolute Gasteiger partial charge is 0.225 e. The average Bonchev–Trinajstić information content (AvgIpc) is 2.23. The third-order valence-electron chi connectivity index (χ3n) is 2.60. The zero-order valence-electron chi connectivity index (χ0n) is 10.4. The van der Waals surface area contributed by atoms with Crippen LogP contribution in [0.1, 0.15) is 31.7 Å². The van der Waals surface area contributed by atoms with Crippen molar-refractivity contribution in [2.75, 3.05) is 5.32 Å². The Hall–Kier alpha value is -1.55. The fourth-order valence-electron chi connectivity index (χ4n) is 1.61. The zero-order chi connectivity index (χ0) is 12.8. The Morgan fingerprint density at radius 3 is 2.82 bits per heavy atom. The van der Waals surface area contributed by atoms with Crippen LogP contribution in [-0.4, -0.2) is 17.1 Å². The number of amides is 1. The van der Waals surface area contributed by atoms with Crippen LogP contribution >= 0.6 is 0 Å². The van der Waals surface area contributed by atoms with Gasteiger partial charge in [-0.2, -0.15) is 0 Å². The van der Waals surface area contributed by atoms with Gasteiger partial charge in [-0.05, 0) is 25.0 Å². The van der Waals surface area contributed by atoms with Gasteiger partial charge in [-0.25, -0.2) is 0 Å². The lowest BCUT2D eigenvalue weighted by atomic mass is 10.1. The molecule has 0 bridgehead atoms. The van der Waals surface area contributed by atoms with Crippen molar-refractivity contribution in [2.24, 2.45) is 5.73 Å². The molecule has 1 rings (SSSR count). The fourth-order valence-corrected chi connectivity index (χ4v) is 1.61. The van der Waals surface area contributed by atoms with E-state index in [1.807, 2.05) is 6.92 Å². The minimum atomic E-state index is -0.116. The fraction of sp³-hybridized carbons (Fsp3) is 0.462. The first-order valence-electron chi connectivity index (χ1n) is 5.88. The summed E-state index contributed by atoms with van der Waals surface area (Å²) in [5.74, 6) is 0.0647. The molecular formula is C13H20N2O2. The summed E-state index contributed by atoms with van der Waals surface area (Å²) in [7, 11) is 0. The first-order chi connectivity index (χ1) is 8.02. The second-order valence-corrected chi connectivity index (χ2v) is 4.30. The van der Waals surface area contributed by atoms with E-state index in [9.17, 15) is 9.90 Å². The van der Waals surface area contributed by atoms with Crippen LogP contribution in [0.25, 0.3) is 0 Å². The molecule has 1 aromatic rings. The third-order valence-corrected chi connectivity index (χ3v) is 2.60. The number of phenolic OH excluding ortho intramolecular Hbond substituents is 1. The molecule has 4 nitrogen and oxygen atoms in total. The van der Waals surface area contributed by atoms with Crippen LogP contribution in [-0.2, 0) is 4.79 Å². The summed E-state index contributed by atoms with van der Waals surface area (Å²) in [5.41, 5.74) is 7.16. The van der Waals surface area contributed by atoms with Gasteiger partial charge < -0.3 is 16.2 Å². The maximum absolute atomic E-state index is 11.6. The maximum Gasteiger partial charge on any atom is 0.225 e. The Labute approximate surface area is 102 Å². The van der Waals surface area contributed by atoms with E-state index >= 15 is 0 Å². The molecule has 0 radical (unpaired) electrons. The molecule has 1 amide bonds. The third kappa shape index (κ3) is 4.44. The summed E-state index contributed by atoms with van der Waals surface area (Å²) in [6.45, 7) is 3.84. The minimum Gasteiger partial charge on any atom is -0.508 e. The van der Waals surface area contributed by atoms with E-state index < -0.39 is 0 Å². The molecule has 94 valence electrons. The van der Waals surface area contributed by atoms with Gasteiger partial charge in [0.1, 0.15) is 5.75 Å². The average molecular weight is 236 g/mol. The van der Waals surface area contributed by atoms with Crippen LogP contribution < -0.4 is 11.1 Å². The predicted octanol–water partition coefficient (Wildman–Crippen LogP) is 2.16. The Morgan fingerprint density at radius 2 is 2.24 bits per heavy atom. The lowest BCUT2D eigenvalue weighted by molar-refractivity contribution is -0.116. The van der Waals surface area contributed by atoms with Gasteiger partial charge in [-0.15, -0.1) is 0 Å². The predicted molar refractivity (Wildman–Crippen MR) is 69.0 cm³/mol. The molecule has 17 heavy (non-hydrogen) atoms. The zero-order valence-corrected chi connectivity index (χ0v) is 10.4. The van der Waals surface area contributed by atoms with E-state index in [0.717, 1.165) is 18.4 Å². The van der Waals surface area contributed by atoms with Crippen LogP contribution in [0.2, 0.25) is 0 Å². The molecule has 0 spiro atoms. The van der Waals surface area contributed by atoms with Gasteiger partial charge in [0.25, 0.3) is 0 Å². The maximum atomic E-state index is 11.6. The SMILES string of the molecule is CCCC(N)CC(=O)Nc1ccc(C)c(O)c1. The normalized spacial score (nSPS) is 12.2. The van der Waals surface area contributed by atoms with Gasteiger partial charge in [0.2, 0.25) is 5.91 Å². The number of carbonyl (C=O) groups excluding carboxylic acids is 1. The number of anilines is 1. The minimum absolute atomic E-state index is 0.0981. The highest BCUT2D eigenvalue weighted by atomic mass is 16.3. The van der Waals surface area contributed by atoms with Crippen LogP contribution in [0.5, 0.6) is 5.75 Å². The number of rotatable bonds is 5. The summed E-state index contributed by atoms with van der Waals surface area (Å²) in [6, 6.07) is 4.97. The highest BCUT2D eigenvalue weighted by molar-refractivity contribution is 5.91. The van der Waals surface area contributed by atoms with E-state index in [1.165, 1.54) is 0 Å². The number of nitrogens with one attached hydrogen (secondary N) is 1. The second kappa shape index (κ2) is 6.25. The molecule has 0 aliphatic heterocycles. The second-order valence-electron chi connectivity index (χ2n) is 4.30. The van der Waals surface area contributed by atoms with E-state index in [0.29, 0.717) is 12.1 Å². The monoisotopic (exact) mass is 236 g/mol. The van der Waals surface area contributed by atoms with Gasteiger partial charge >= 0.3 is 0 Å². The number of benzene rings is 1. The van der Waals surface area contributed by atoms with Gasteiger partial charge in [0, 0.05) is 24.2 Å². The molecule has 0 aliphatic carbocycles. The van der Waals surface area contributed by atoms with Gasteiger partial charge in [-0.3, -0.25) is 4.79 Å². The molecule has 1 atom stereocenters. The van der Waals surface area contributed by atoms with Crippen molar-refractivity contribution in [3.8, 4) is 5.75 Å². The number of phenols is 1. The van der Waals surface area contributed by atoms with Crippen LogP contribution in [0, 0.1) is 6.92 Å². The van der Waals surface area contributed by atoms with Gasteiger partial charge in [0.15, 0.2) is 0 Å². The van der Waals surface area contributed by atoms with Crippen LogP contribution in [0.15, 0.2) is 18.2 Å². The first-order valence-corrected chi connectivity index (χ1v) is 5.88. The molecule has 0 aromatic heterocycles. The van der Waals surface area contributed by atoms with Gasteiger partial charge in [0.05, 0.1) is 0 Å². The summed E-state index contributed by atoms with van der Waals surface area (Å²) in [5, 5.41) is 12.2. The van der Waals surface area contributed by atoms with Crippen molar-refractivity contribution >= 4 is 11.6 Å². The van der Waals surface area contributed by atoms with Crippen molar-refractivity contribution < 1.29 is 9.90 Å². The summed E-state index contributed by atoms with van der Waals surface area (Å²) in [4.78, 5) is 11.6. The molecule has 1 unspecified atom stereocenters. The van der Waals surface area contributed by atoms with Crippen molar-refractivity contribution in [2.45, 2.75) is 39.2 Å². The molecule has 0 saturated heterocycles. The molecule has 0 saturated carbocycles. The Kier molecular flexibility index (Phi) is 4.97. The van der Waals surface area contributed by atoms with Crippen LogP contribution in [0.3, 0.4) is 0 Å². The van der Waals surface area contributed by atoms with Crippen molar-refractivity contribution in [3.63, 3.8) is 0 Å². The lowest BCUT2D eigenvalue weighted by Crippen LogP contribution is -2.26. The number of hydrogen-bond acceptors (Lipinski definition) is 3. The highest BCUT2D eigenvalue weighted by Gasteiger charge is 2.09. The van der Waals surface area contributed by atoms with Crippen LogP contribution in [0.4, 0.5) is 5.69 Å². The molecule has 0 aliphatic rings. The number of carbonyl (C=O) groups is 1. The number of aryl methyl sites for hydroxylation is 1. The molecule has 1 aromatic carbocycles. The first kappa shape index (κ1) is 13.5. The number of hydrogen-bond donors (Lipinski definition) is 3. The van der Waals surface area contributed by atoms with Gasteiger partial charge in [-0.1, -0.05) is 19.4 Å². The topological polar surface area (TPSA) is 75.4 Å². The summed E-state index contributed by atoms with van der Waals surface area (Å²) < 4.78 is 0. The Morgan fingerprint density at radius 1 is 1.53 bits per heavy atom. The Balaban J connectivity index is 2.53. The van der Waals surface area contributed by atoms with E-state index in [-0.39, 0.29) is 17.7 Å². The Bertz CT molecular complexity index is 391. The molecular weight excluding hydrogens is 216 g/mol. The van der Waals surface area contributed by atoms with Crippen molar-refractivity contribution in [3.05, 3.63) is 23.8 Å². The molecule has 4 N–H and O–H groups in total. The van der Waals surface area contributed by atoms with E-state index in [2.05, 4.69) is 5.32 Å². The number of aromatic hydroxyl groups is 1. The van der Waals surface area contributed by atoms with Crippen molar-refractivity contribution in [1.29, 1.82) is 0 Å². The summed E-state index contributed by atoms with van der Waals surface area (Å²) in [6.07, 6.45) is 2.12. The number of nitrogens with two attached hydrogens (primary N) is 1. The quantitative estimate of drug-likeness (QED) is 0.733. The summed E-state index contributed by atoms with van der Waals surface area (Å²) >= 11 is 0. The van der Waals surface area contributed by atoms with Crippen molar-refractivity contribution in [1.82, 2.24) is 0 Å². The standard InChI is InChI=1S/C13H20N2O2/c1-3-4-10(14)7-13(17)15-11-6-5-9(2)12(16)8-11/h5-6,8,10,16H,3-4,7,14H2,1-2H3,(H,15,17). The van der Waals surface area contributed by atoms with E-state index in [4.69, 9.17) is 5.73 Å². The molecule has 0 heterocycles. The molecule has 4 heteroatoms. The lowest BCUT2D eigenvalue weighted by Gasteiger charge is -2.11. The van der Waals surface area contributed by atoms with E-state index in [1.54, 1.807) is 25.1 Å². The highest BCUT2D eigenvalue weighted by Crippen LogP contribution is 2.20. The molecule has 0 fully saturated rings. The largest absolute Gasteiger partial charge is 0.508 e.